The van der Waals surface area contributed by atoms with Crippen molar-refractivity contribution < 1.29 is 24.3 Å². The van der Waals surface area contributed by atoms with Gasteiger partial charge in [-0.15, -0.1) is 16.9 Å². The third-order valence-electron chi connectivity index (χ3n) is 9.99. The van der Waals surface area contributed by atoms with Crippen LogP contribution in [-0.4, -0.2) is 132 Å². The van der Waals surface area contributed by atoms with Crippen molar-refractivity contribution in [1.82, 2.24) is 45.5 Å². The normalized spacial score (nSPS) is 34.4. The molecule has 5 N–H and O–H groups in total. The summed E-state index contributed by atoms with van der Waals surface area (Å²) in [5, 5.41) is 27.1. The smallest absolute Gasteiger partial charge is 0.353 e. The minimum Gasteiger partial charge on any atom is -0.477 e. The summed E-state index contributed by atoms with van der Waals surface area (Å²) in [6.07, 6.45) is 2.97. The van der Waals surface area contributed by atoms with Crippen molar-refractivity contribution in [3.8, 4) is 0 Å². The van der Waals surface area contributed by atoms with Crippen LogP contribution in [0.5, 0.6) is 0 Å². The molecule has 1 unspecified atom stereocenters. The Morgan fingerprint density at radius 2 is 2.14 bits per heavy atom. The number of rotatable bonds is 10. The zero-order chi connectivity index (χ0) is 30.6. The number of nitrogens with zero attached hydrogens (tertiary/aromatic N) is 7. The number of hydrogen-bond donors (Lipinski definition) is 4. The second kappa shape index (κ2) is 11.4. The SMILES string of the molecule is C[C@@H](NC(=O)Cn1cnnn1)[C@H]1C(=O)N2C(C(=O)O)=C(S[C@@H]3CN[C@H](C(=O)N4CC5N(CCN)CC[C@@]5(C)C4)C3)[C@H](C)[C@H]12. The quantitative estimate of drug-likeness (QED) is 0.218. The van der Waals surface area contributed by atoms with E-state index in [4.69, 9.17) is 5.73 Å². The van der Waals surface area contributed by atoms with E-state index in [9.17, 15) is 24.3 Å². The van der Waals surface area contributed by atoms with Crippen molar-refractivity contribution in [2.24, 2.45) is 23.0 Å². The van der Waals surface area contributed by atoms with E-state index in [0.29, 0.717) is 37.0 Å². The third-order valence-corrected chi connectivity index (χ3v) is 11.5. The molecule has 15 nitrogen and oxygen atoms in total. The average molecular weight is 617 g/mol. The summed E-state index contributed by atoms with van der Waals surface area (Å²) >= 11 is 1.46. The maximum atomic E-state index is 13.6. The number of carbonyl (C=O) groups excluding carboxylic acids is 3. The first kappa shape index (κ1) is 30.0. The number of carboxylic acids is 1. The van der Waals surface area contributed by atoms with Gasteiger partial charge in [0.15, 0.2) is 0 Å². The second-order valence-corrected chi connectivity index (χ2v) is 14.1. The number of tetrazole rings is 1. The number of aliphatic carboxylic acids is 1. The Hall–Kier alpha value is -3.08. The van der Waals surface area contributed by atoms with Crippen LogP contribution in [0, 0.1) is 17.3 Å². The van der Waals surface area contributed by atoms with E-state index in [2.05, 4.69) is 38.0 Å². The van der Waals surface area contributed by atoms with Crippen molar-refractivity contribution >= 4 is 35.5 Å². The van der Waals surface area contributed by atoms with Gasteiger partial charge in [0.1, 0.15) is 18.6 Å². The lowest BCUT2D eigenvalue weighted by atomic mass is 9.78. The highest BCUT2D eigenvalue weighted by molar-refractivity contribution is 8.03. The average Bonchev–Trinajstić information content (AvgIpc) is 3.76. The number of β-lactam (4-membered cyclic amide) rings is 1. The molecule has 6 heterocycles. The first-order valence-electron chi connectivity index (χ1n) is 15.0. The number of thioether (sulfide) groups is 1. The highest BCUT2D eigenvalue weighted by atomic mass is 32.2. The van der Waals surface area contributed by atoms with Gasteiger partial charge in [0.25, 0.3) is 0 Å². The Labute approximate surface area is 253 Å². The van der Waals surface area contributed by atoms with Gasteiger partial charge in [0.05, 0.1) is 18.0 Å². The number of amides is 3. The van der Waals surface area contributed by atoms with Crippen LogP contribution >= 0.6 is 11.8 Å². The number of nitrogens with one attached hydrogen (secondary N) is 2. The molecule has 0 saturated carbocycles. The van der Waals surface area contributed by atoms with Crippen LogP contribution in [-0.2, 0) is 25.7 Å². The van der Waals surface area contributed by atoms with Gasteiger partial charge in [-0.3, -0.25) is 19.3 Å². The molecule has 4 fully saturated rings. The summed E-state index contributed by atoms with van der Waals surface area (Å²) in [5.74, 6) is -2.47. The highest BCUT2D eigenvalue weighted by Gasteiger charge is 2.60. The number of fused-ring (bicyclic) bond motifs is 2. The van der Waals surface area contributed by atoms with Gasteiger partial charge in [-0.2, -0.15) is 0 Å². The Balaban J connectivity index is 1.08. The summed E-state index contributed by atoms with van der Waals surface area (Å²) in [7, 11) is 0. The largest absolute Gasteiger partial charge is 0.477 e. The van der Waals surface area contributed by atoms with Crippen molar-refractivity contribution in [3.63, 3.8) is 0 Å². The van der Waals surface area contributed by atoms with Crippen LogP contribution in [0.3, 0.4) is 0 Å². The number of carboxylic acid groups (broad SMARTS) is 1. The molecule has 1 aromatic rings. The molecule has 5 aliphatic rings. The van der Waals surface area contributed by atoms with Crippen molar-refractivity contribution in [3.05, 3.63) is 16.9 Å². The molecule has 234 valence electrons. The number of aromatic nitrogens is 4. The van der Waals surface area contributed by atoms with Gasteiger partial charge in [0.2, 0.25) is 17.7 Å². The van der Waals surface area contributed by atoms with Crippen LogP contribution in [0.15, 0.2) is 16.9 Å². The van der Waals surface area contributed by atoms with Crippen LogP contribution in [0.25, 0.3) is 0 Å². The third kappa shape index (κ3) is 5.21. The summed E-state index contributed by atoms with van der Waals surface area (Å²) in [6, 6.07) is -0.860. The molecule has 0 radical (unpaired) electrons. The van der Waals surface area contributed by atoms with E-state index >= 15 is 0 Å². The van der Waals surface area contributed by atoms with E-state index in [1.54, 1.807) is 6.92 Å². The van der Waals surface area contributed by atoms with Crippen molar-refractivity contribution in [2.75, 3.05) is 39.3 Å². The lowest BCUT2D eigenvalue weighted by molar-refractivity contribution is -0.158. The molecule has 3 amide bonds. The van der Waals surface area contributed by atoms with Gasteiger partial charge in [-0.05, 0) is 36.7 Å². The first-order valence-corrected chi connectivity index (χ1v) is 15.8. The summed E-state index contributed by atoms with van der Waals surface area (Å²) in [5.41, 5.74) is 5.92. The zero-order valence-electron chi connectivity index (χ0n) is 24.7. The highest BCUT2D eigenvalue weighted by Crippen LogP contribution is 2.52. The van der Waals surface area contributed by atoms with Crippen LogP contribution < -0.4 is 16.4 Å². The Morgan fingerprint density at radius 3 is 2.84 bits per heavy atom. The zero-order valence-corrected chi connectivity index (χ0v) is 25.5. The fraction of sp³-hybridized carbons (Fsp3) is 0.741. The molecule has 43 heavy (non-hydrogen) atoms. The van der Waals surface area contributed by atoms with E-state index in [1.165, 1.54) is 27.7 Å². The molecule has 0 bridgehead atoms. The molecule has 5 aliphatic heterocycles. The maximum Gasteiger partial charge on any atom is 0.353 e. The maximum absolute atomic E-state index is 13.6. The fourth-order valence-electron chi connectivity index (χ4n) is 7.86. The van der Waals surface area contributed by atoms with Gasteiger partial charge in [-0.25, -0.2) is 9.48 Å². The molecule has 1 aromatic heterocycles. The Morgan fingerprint density at radius 1 is 1.35 bits per heavy atom. The van der Waals surface area contributed by atoms with E-state index in [-0.39, 0.29) is 58.6 Å². The van der Waals surface area contributed by atoms with Gasteiger partial charge < -0.3 is 31.3 Å². The molecular formula is C27H40N10O5S. The lowest BCUT2D eigenvalue weighted by Gasteiger charge is -2.47. The van der Waals surface area contributed by atoms with Crippen LogP contribution in [0.1, 0.15) is 33.6 Å². The van der Waals surface area contributed by atoms with Crippen LogP contribution in [0.2, 0.25) is 0 Å². The molecular weight excluding hydrogens is 576 g/mol. The van der Waals surface area contributed by atoms with Gasteiger partial charge in [-0.1, -0.05) is 13.8 Å². The molecule has 6 rings (SSSR count). The monoisotopic (exact) mass is 616 g/mol. The molecule has 16 heteroatoms. The van der Waals surface area contributed by atoms with Crippen molar-refractivity contribution in [2.45, 2.75) is 69.6 Å². The molecule has 0 spiro atoms. The van der Waals surface area contributed by atoms with E-state index in [1.807, 2.05) is 11.8 Å². The lowest BCUT2D eigenvalue weighted by Crippen LogP contribution is -2.66. The molecule has 0 aliphatic carbocycles. The number of carbonyl (C=O) groups is 4. The first-order chi connectivity index (χ1) is 20.5. The minimum absolute atomic E-state index is 0.00662. The molecule has 8 atom stereocenters. The second-order valence-electron chi connectivity index (χ2n) is 12.8. The van der Waals surface area contributed by atoms with E-state index < -0.39 is 17.9 Å². The molecule has 0 aromatic carbocycles. The Bertz CT molecular complexity index is 1320. The van der Waals surface area contributed by atoms with Gasteiger partial charge in [0, 0.05) is 66.3 Å². The number of hydrogen-bond acceptors (Lipinski definition) is 11. The number of likely N-dealkylation sites (tertiary alicyclic amines) is 2. The predicted molar refractivity (Wildman–Crippen MR) is 155 cm³/mol. The predicted octanol–water partition coefficient (Wildman–Crippen LogP) is -1.70. The summed E-state index contributed by atoms with van der Waals surface area (Å²) in [6.45, 7) is 10.4. The minimum atomic E-state index is -1.14. The van der Waals surface area contributed by atoms with Crippen LogP contribution in [0.4, 0.5) is 0 Å². The summed E-state index contributed by atoms with van der Waals surface area (Å²) < 4.78 is 1.29. The van der Waals surface area contributed by atoms with Crippen molar-refractivity contribution in [1.29, 1.82) is 0 Å². The van der Waals surface area contributed by atoms with Gasteiger partial charge >= 0.3 is 5.97 Å². The number of nitrogens with two attached hydrogens (primary N) is 1. The standard InChI is InChI=1S/C27H40N10O5S/c1-14-21-20(15(2)31-19(38)11-36-13-30-32-33-36)25(40)37(21)22(26(41)42)23(14)43-16-8-17(29-9-16)24(39)35-10-18-27(3,12-35)4-6-34(18)7-5-28/h13-18,20-21,29H,4-12,28H2,1-3H3,(H,31,38)(H,41,42)/t14-,15-,16+,17+,18?,20-,21-,27+/m1/s1. The summed E-state index contributed by atoms with van der Waals surface area (Å²) in [4.78, 5) is 58.2. The topological polar surface area (TPSA) is 192 Å². The molecule has 4 saturated heterocycles. The fourth-order valence-corrected chi connectivity index (χ4v) is 9.34. The van der Waals surface area contributed by atoms with E-state index in [0.717, 1.165) is 26.1 Å². The Kier molecular flexibility index (Phi) is 7.98.